The van der Waals surface area contributed by atoms with Crippen LogP contribution in [0, 0.1) is 17.6 Å². The van der Waals surface area contributed by atoms with Crippen LogP contribution in [0.2, 0.25) is 0 Å². The maximum atomic E-state index is 13.6. The first-order chi connectivity index (χ1) is 14.8. The molecule has 2 aliphatic heterocycles. The first-order valence-electron chi connectivity index (χ1n) is 10.8. The second-order valence-electron chi connectivity index (χ2n) is 8.42. The minimum Gasteiger partial charge on any atom is -0.360 e. The molecule has 0 radical (unpaired) electrons. The molecule has 1 unspecified atom stereocenters. The quantitative estimate of drug-likeness (QED) is 0.312. The number of amides is 1. The highest BCUT2D eigenvalue weighted by Crippen LogP contribution is 2.23. The van der Waals surface area contributed by atoms with Crippen molar-refractivity contribution in [3.8, 4) is 0 Å². The summed E-state index contributed by atoms with van der Waals surface area (Å²) in [6.07, 6.45) is 7.18. The monoisotopic (exact) mass is 451 g/mol. The maximum absolute atomic E-state index is 13.6. The van der Waals surface area contributed by atoms with Crippen LogP contribution in [0.1, 0.15) is 45.2 Å². The molecule has 1 amide bonds. The summed E-state index contributed by atoms with van der Waals surface area (Å²) in [5.74, 6) is -0.433. The predicted octanol–water partition coefficient (Wildman–Crippen LogP) is 3.36. The summed E-state index contributed by atoms with van der Waals surface area (Å²) in [4.78, 5) is 25.2. The lowest BCUT2D eigenvalue weighted by atomic mass is 9.95. The predicted molar refractivity (Wildman–Crippen MR) is 121 cm³/mol. The molecule has 0 aromatic carbocycles. The number of nitrogens with one attached hydrogen (secondary N) is 1. The molecule has 3 heterocycles. The van der Waals surface area contributed by atoms with E-state index in [1.165, 1.54) is 32.1 Å². The molecule has 2 saturated heterocycles. The zero-order valence-corrected chi connectivity index (χ0v) is 19.0. The van der Waals surface area contributed by atoms with Gasteiger partial charge in [0.1, 0.15) is 17.5 Å². The number of nitrogens with zero attached hydrogens (tertiary/aromatic N) is 4. The number of thiol groups is 1. The lowest BCUT2D eigenvalue weighted by Gasteiger charge is -2.42. The van der Waals surface area contributed by atoms with Crippen molar-refractivity contribution in [3.63, 3.8) is 0 Å². The molecule has 0 bridgehead atoms. The van der Waals surface area contributed by atoms with Gasteiger partial charge in [-0.1, -0.05) is 6.92 Å². The molecule has 31 heavy (non-hydrogen) atoms. The zero-order chi connectivity index (χ0) is 22.4. The largest absolute Gasteiger partial charge is 0.360 e. The Hall–Kier alpha value is -2.00. The van der Waals surface area contributed by atoms with Crippen molar-refractivity contribution in [1.29, 1.82) is 0 Å². The van der Waals surface area contributed by atoms with E-state index < -0.39 is 17.5 Å². The number of likely N-dealkylation sites (tertiary alicyclic amines) is 2. The topological polar surface area (TPSA) is 60.8 Å². The van der Waals surface area contributed by atoms with Gasteiger partial charge in [-0.15, -0.1) is 12.6 Å². The summed E-state index contributed by atoms with van der Waals surface area (Å²) >= 11 is 4.19. The smallest absolute Gasteiger partial charge is 0.259 e. The number of halogens is 2. The van der Waals surface area contributed by atoms with E-state index in [1.807, 2.05) is 6.92 Å². The summed E-state index contributed by atoms with van der Waals surface area (Å²) in [7, 11) is 0. The molecular weight excluding hydrogens is 420 g/mol. The van der Waals surface area contributed by atoms with Crippen LogP contribution in [0.15, 0.2) is 28.4 Å². The van der Waals surface area contributed by atoms with Crippen LogP contribution < -0.4 is 5.32 Å². The fraction of sp³-hybridized carbons (Fsp3) is 0.591. The number of rotatable bonds is 5. The number of hydrogen-bond acceptors (Lipinski definition) is 5. The lowest BCUT2D eigenvalue weighted by Crippen LogP contribution is -2.49. The second kappa shape index (κ2) is 11.0. The lowest BCUT2D eigenvalue weighted by molar-refractivity contribution is -0.117. The van der Waals surface area contributed by atoms with E-state index in [0.29, 0.717) is 6.04 Å². The summed E-state index contributed by atoms with van der Waals surface area (Å²) in [5, 5.41) is 2.51. The summed E-state index contributed by atoms with van der Waals surface area (Å²) in [6, 6.07) is 1.38. The van der Waals surface area contributed by atoms with Gasteiger partial charge in [0, 0.05) is 37.9 Å². The molecule has 3 rings (SSSR count). The fourth-order valence-corrected chi connectivity index (χ4v) is 4.37. The number of hydrogen-bond donors (Lipinski definition) is 2. The highest BCUT2D eigenvalue weighted by atomic mass is 32.1. The van der Waals surface area contributed by atoms with Crippen LogP contribution >= 0.6 is 12.6 Å². The molecule has 0 saturated carbocycles. The fourth-order valence-electron chi connectivity index (χ4n) is 4.23. The van der Waals surface area contributed by atoms with Crippen LogP contribution in [-0.2, 0) is 11.3 Å². The Balaban J connectivity index is 1.47. The van der Waals surface area contributed by atoms with Gasteiger partial charge in [-0.25, -0.2) is 13.8 Å². The zero-order valence-electron chi connectivity index (χ0n) is 18.2. The molecular formula is C22H31F2N5OS. The maximum Gasteiger partial charge on any atom is 0.259 e. The minimum absolute atomic E-state index is 0.0402. The van der Waals surface area contributed by atoms with Crippen LogP contribution in [0.3, 0.4) is 0 Å². The number of pyridine rings is 1. The molecule has 1 aromatic rings. The number of aromatic nitrogens is 1. The van der Waals surface area contributed by atoms with E-state index in [2.05, 4.69) is 44.6 Å². The van der Waals surface area contributed by atoms with E-state index >= 15 is 0 Å². The molecule has 0 aliphatic carbocycles. The molecule has 2 fully saturated rings. The molecule has 0 spiro atoms. The highest BCUT2D eigenvalue weighted by molar-refractivity contribution is 7.85. The molecule has 1 atom stereocenters. The molecule has 2 aliphatic rings. The summed E-state index contributed by atoms with van der Waals surface area (Å²) in [6.45, 7) is 8.41. The van der Waals surface area contributed by atoms with Crippen molar-refractivity contribution in [3.05, 3.63) is 40.7 Å². The van der Waals surface area contributed by atoms with Crippen molar-refractivity contribution in [1.82, 2.24) is 20.1 Å². The van der Waals surface area contributed by atoms with E-state index in [1.54, 1.807) is 0 Å². The van der Waals surface area contributed by atoms with Gasteiger partial charge in [0.15, 0.2) is 0 Å². The SMILES string of the molecule is CC(=N/C=C(\S)C(=O)NCc1ncc(F)cc1F)N1CCC(N2CCCC(C)C2)CC1. The van der Waals surface area contributed by atoms with Crippen LogP contribution in [-0.4, -0.2) is 58.7 Å². The van der Waals surface area contributed by atoms with Crippen LogP contribution in [0.5, 0.6) is 0 Å². The third kappa shape index (κ3) is 6.74. The average molecular weight is 452 g/mol. The molecule has 1 aromatic heterocycles. The number of carbonyl (C=O) groups is 1. The van der Waals surface area contributed by atoms with Crippen molar-refractivity contribution in [2.24, 2.45) is 10.9 Å². The Bertz CT molecular complexity index is 839. The van der Waals surface area contributed by atoms with Gasteiger partial charge in [0.05, 0.1) is 23.3 Å². The minimum atomic E-state index is -0.804. The summed E-state index contributed by atoms with van der Waals surface area (Å²) < 4.78 is 26.5. The molecule has 6 nitrogen and oxygen atoms in total. The van der Waals surface area contributed by atoms with Gasteiger partial charge in [0.2, 0.25) is 0 Å². The average Bonchev–Trinajstić information content (AvgIpc) is 2.76. The van der Waals surface area contributed by atoms with Crippen LogP contribution in [0.25, 0.3) is 0 Å². The third-order valence-electron chi connectivity index (χ3n) is 6.03. The third-order valence-corrected chi connectivity index (χ3v) is 6.35. The van der Waals surface area contributed by atoms with Gasteiger partial charge in [0.25, 0.3) is 5.91 Å². The number of piperidine rings is 2. The Kier molecular flexibility index (Phi) is 8.43. The van der Waals surface area contributed by atoms with E-state index in [0.717, 1.165) is 49.9 Å². The van der Waals surface area contributed by atoms with Crippen LogP contribution in [0.4, 0.5) is 8.78 Å². The highest BCUT2D eigenvalue weighted by Gasteiger charge is 2.27. The van der Waals surface area contributed by atoms with E-state index in [4.69, 9.17) is 0 Å². The van der Waals surface area contributed by atoms with Gasteiger partial charge >= 0.3 is 0 Å². The van der Waals surface area contributed by atoms with Crippen molar-refractivity contribution >= 4 is 24.4 Å². The number of carbonyl (C=O) groups excluding carboxylic acids is 1. The normalized spacial score (nSPS) is 22.0. The Morgan fingerprint density at radius 2 is 2.06 bits per heavy atom. The van der Waals surface area contributed by atoms with Gasteiger partial charge < -0.3 is 10.2 Å². The van der Waals surface area contributed by atoms with Gasteiger partial charge in [-0.05, 0) is 45.1 Å². The first-order valence-corrected chi connectivity index (χ1v) is 11.3. The van der Waals surface area contributed by atoms with E-state index in [-0.39, 0.29) is 17.1 Å². The van der Waals surface area contributed by atoms with Crippen molar-refractivity contribution in [2.75, 3.05) is 26.2 Å². The molecule has 1 N–H and O–H groups in total. The number of amidine groups is 1. The molecule has 170 valence electrons. The first kappa shape index (κ1) is 23.7. The van der Waals surface area contributed by atoms with Gasteiger partial charge in [-0.3, -0.25) is 14.7 Å². The summed E-state index contributed by atoms with van der Waals surface area (Å²) in [5.41, 5.74) is -0.0402. The Morgan fingerprint density at radius 1 is 1.32 bits per heavy atom. The Morgan fingerprint density at radius 3 is 2.74 bits per heavy atom. The van der Waals surface area contributed by atoms with Gasteiger partial charge in [-0.2, -0.15) is 0 Å². The second-order valence-corrected chi connectivity index (χ2v) is 8.90. The standard InChI is InChI=1S/C22H31F2N5OS/c1-15-4-3-7-29(14-15)18-5-8-28(9-6-18)16(2)25-13-21(31)22(30)27-12-20-19(24)10-17(23)11-26-20/h10-11,13,15,18,31H,3-9,12,14H2,1-2H3,(H,27,30)/b21-13-,25-16?. The van der Waals surface area contributed by atoms with Crippen molar-refractivity contribution in [2.45, 2.75) is 52.1 Å². The molecule has 9 heteroatoms. The van der Waals surface area contributed by atoms with Crippen molar-refractivity contribution < 1.29 is 13.6 Å². The number of aliphatic imine (C=N–C) groups is 1. The van der Waals surface area contributed by atoms with E-state index in [9.17, 15) is 13.6 Å². The Labute approximate surface area is 188 Å².